The molecule has 0 aliphatic heterocycles. The summed E-state index contributed by atoms with van der Waals surface area (Å²) in [5.74, 6) is 0.732. The van der Waals surface area contributed by atoms with Gasteiger partial charge in [-0.05, 0) is 6.92 Å². The van der Waals surface area contributed by atoms with Crippen LogP contribution in [-0.4, -0.2) is 15.1 Å². The molecule has 2 rings (SSSR count). The number of aryl methyl sites for hydroxylation is 1. The highest BCUT2D eigenvalue weighted by atomic mass is 16.5. The molecule has 2 aromatic heterocycles. The van der Waals surface area contributed by atoms with Crippen molar-refractivity contribution in [2.75, 3.05) is 0 Å². The predicted molar refractivity (Wildman–Crippen MR) is 34.3 cm³/mol. The summed E-state index contributed by atoms with van der Waals surface area (Å²) in [7, 11) is 0. The molecule has 0 amide bonds. The van der Waals surface area contributed by atoms with E-state index >= 15 is 0 Å². The van der Waals surface area contributed by atoms with Crippen molar-refractivity contribution in [2.45, 2.75) is 6.92 Å². The third-order valence-corrected chi connectivity index (χ3v) is 1.23. The summed E-state index contributed by atoms with van der Waals surface area (Å²) < 4.78 is 4.67. The molecular formula is C6H5N3O. The fourth-order valence-electron chi connectivity index (χ4n) is 0.771. The normalized spacial score (nSPS) is 10.5. The van der Waals surface area contributed by atoms with Crippen LogP contribution in [0.15, 0.2) is 17.0 Å². The third kappa shape index (κ3) is 0.655. The topological polar surface area (TPSA) is 51.8 Å². The van der Waals surface area contributed by atoms with Gasteiger partial charge >= 0.3 is 0 Å². The Bertz CT molecular complexity index is 355. The molecule has 0 saturated heterocycles. The van der Waals surface area contributed by atoms with Crippen molar-refractivity contribution in [1.29, 1.82) is 0 Å². The van der Waals surface area contributed by atoms with E-state index in [1.165, 1.54) is 6.26 Å². The Kier molecular flexibility index (Phi) is 0.943. The highest BCUT2D eigenvalue weighted by Crippen LogP contribution is 2.05. The van der Waals surface area contributed by atoms with E-state index in [0.717, 1.165) is 11.3 Å². The van der Waals surface area contributed by atoms with Crippen molar-refractivity contribution in [3.05, 3.63) is 18.3 Å². The minimum absolute atomic E-state index is 0.700. The Hall–Kier alpha value is -1.45. The number of nitrogens with zero attached hydrogens (tertiary/aromatic N) is 3. The molecular weight excluding hydrogens is 130 g/mol. The average molecular weight is 135 g/mol. The van der Waals surface area contributed by atoms with Gasteiger partial charge in [0, 0.05) is 0 Å². The molecule has 2 aromatic rings. The van der Waals surface area contributed by atoms with E-state index in [4.69, 9.17) is 0 Å². The van der Waals surface area contributed by atoms with Gasteiger partial charge in [0.05, 0.1) is 6.20 Å². The van der Waals surface area contributed by atoms with Crippen LogP contribution in [0.5, 0.6) is 0 Å². The van der Waals surface area contributed by atoms with E-state index in [1.807, 2.05) is 6.92 Å². The third-order valence-electron chi connectivity index (χ3n) is 1.23. The fraction of sp³-hybridized carbons (Fsp3) is 0.167. The molecule has 0 radical (unpaired) electrons. The Morgan fingerprint density at radius 2 is 2.30 bits per heavy atom. The van der Waals surface area contributed by atoms with Crippen molar-refractivity contribution < 1.29 is 4.52 Å². The summed E-state index contributed by atoms with van der Waals surface area (Å²) in [6.07, 6.45) is 3.14. The molecule has 0 spiro atoms. The van der Waals surface area contributed by atoms with Gasteiger partial charge in [0.1, 0.15) is 17.6 Å². The van der Waals surface area contributed by atoms with Crippen LogP contribution in [0, 0.1) is 6.92 Å². The lowest BCUT2D eigenvalue weighted by Gasteiger charge is -1.85. The molecule has 0 aliphatic rings. The maximum absolute atomic E-state index is 4.67. The molecule has 0 bridgehead atoms. The van der Waals surface area contributed by atoms with Gasteiger partial charge in [0.15, 0.2) is 5.52 Å². The molecule has 0 N–H and O–H groups in total. The van der Waals surface area contributed by atoms with Gasteiger partial charge in [-0.25, -0.2) is 9.97 Å². The van der Waals surface area contributed by atoms with E-state index in [0.29, 0.717) is 5.52 Å². The largest absolute Gasteiger partial charge is 0.362 e. The van der Waals surface area contributed by atoms with Gasteiger partial charge in [-0.15, -0.1) is 0 Å². The summed E-state index contributed by atoms with van der Waals surface area (Å²) >= 11 is 0. The summed E-state index contributed by atoms with van der Waals surface area (Å²) in [5, 5.41) is 3.66. The van der Waals surface area contributed by atoms with Crippen molar-refractivity contribution in [1.82, 2.24) is 15.1 Å². The van der Waals surface area contributed by atoms with E-state index in [9.17, 15) is 0 Å². The van der Waals surface area contributed by atoms with Crippen LogP contribution >= 0.6 is 0 Å². The maximum Gasteiger partial charge on any atom is 0.150 e. The van der Waals surface area contributed by atoms with E-state index in [-0.39, 0.29) is 0 Å². The zero-order valence-electron chi connectivity index (χ0n) is 5.40. The van der Waals surface area contributed by atoms with Crippen molar-refractivity contribution in [3.63, 3.8) is 0 Å². The average Bonchev–Trinajstić information content (AvgIpc) is 2.33. The van der Waals surface area contributed by atoms with Gasteiger partial charge in [0.25, 0.3) is 0 Å². The Morgan fingerprint density at radius 3 is 3.20 bits per heavy atom. The van der Waals surface area contributed by atoms with Crippen LogP contribution in [-0.2, 0) is 0 Å². The van der Waals surface area contributed by atoms with Crippen LogP contribution in [0.2, 0.25) is 0 Å². The minimum atomic E-state index is 0.700. The number of aromatic nitrogens is 3. The van der Waals surface area contributed by atoms with Crippen LogP contribution in [0.3, 0.4) is 0 Å². The molecule has 0 aliphatic carbocycles. The molecule has 0 atom stereocenters. The first-order chi connectivity index (χ1) is 4.86. The van der Waals surface area contributed by atoms with Gasteiger partial charge in [-0.1, -0.05) is 5.16 Å². The SMILES string of the molecule is Cc1ncc2nocc2n1. The summed E-state index contributed by atoms with van der Waals surface area (Å²) in [4.78, 5) is 8.01. The quantitative estimate of drug-likeness (QED) is 0.539. The number of rotatable bonds is 0. The first-order valence-corrected chi connectivity index (χ1v) is 2.90. The minimum Gasteiger partial charge on any atom is -0.362 e. The highest BCUT2D eigenvalue weighted by Gasteiger charge is 1.97. The van der Waals surface area contributed by atoms with E-state index < -0.39 is 0 Å². The molecule has 0 unspecified atom stereocenters. The Balaban J connectivity index is 2.86. The number of fused-ring (bicyclic) bond motifs is 1. The summed E-state index contributed by atoms with van der Waals surface area (Å²) in [6.45, 7) is 1.83. The lowest BCUT2D eigenvalue weighted by atomic mass is 10.5. The summed E-state index contributed by atoms with van der Waals surface area (Å²) in [6, 6.07) is 0. The standard InChI is InChI=1S/C6H5N3O/c1-4-7-2-5-6(8-4)3-10-9-5/h2-3H,1H3. The Morgan fingerprint density at radius 1 is 1.40 bits per heavy atom. The fourth-order valence-corrected chi connectivity index (χ4v) is 0.771. The maximum atomic E-state index is 4.67. The lowest BCUT2D eigenvalue weighted by Crippen LogP contribution is -1.84. The molecule has 10 heavy (non-hydrogen) atoms. The first kappa shape index (κ1) is 5.34. The van der Waals surface area contributed by atoms with E-state index in [1.54, 1.807) is 6.20 Å². The predicted octanol–water partition coefficient (Wildman–Crippen LogP) is 0.926. The number of hydrogen-bond donors (Lipinski definition) is 0. The molecule has 2 heterocycles. The highest BCUT2D eigenvalue weighted by molar-refractivity contribution is 5.70. The molecule has 0 saturated carbocycles. The monoisotopic (exact) mass is 135 g/mol. The summed E-state index contributed by atoms with van der Waals surface area (Å²) in [5.41, 5.74) is 1.46. The second-order valence-corrected chi connectivity index (χ2v) is 2.00. The number of hydrogen-bond acceptors (Lipinski definition) is 4. The van der Waals surface area contributed by atoms with Crippen molar-refractivity contribution in [2.24, 2.45) is 0 Å². The molecule has 4 nitrogen and oxygen atoms in total. The lowest BCUT2D eigenvalue weighted by molar-refractivity contribution is 0.428. The Labute approximate surface area is 56.9 Å². The first-order valence-electron chi connectivity index (χ1n) is 2.90. The van der Waals surface area contributed by atoms with Crippen molar-refractivity contribution >= 4 is 11.0 Å². The van der Waals surface area contributed by atoms with Gasteiger partial charge in [-0.3, -0.25) is 0 Å². The van der Waals surface area contributed by atoms with Gasteiger partial charge in [0.2, 0.25) is 0 Å². The second-order valence-electron chi connectivity index (χ2n) is 2.00. The molecule has 4 heteroatoms. The second kappa shape index (κ2) is 1.76. The van der Waals surface area contributed by atoms with Crippen LogP contribution < -0.4 is 0 Å². The van der Waals surface area contributed by atoms with Gasteiger partial charge < -0.3 is 4.52 Å². The van der Waals surface area contributed by atoms with Crippen LogP contribution in [0.25, 0.3) is 11.0 Å². The molecule has 50 valence electrons. The van der Waals surface area contributed by atoms with Gasteiger partial charge in [-0.2, -0.15) is 0 Å². The zero-order valence-corrected chi connectivity index (χ0v) is 5.40. The molecule has 0 fully saturated rings. The zero-order chi connectivity index (χ0) is 6.97. The van der Waals surface area contributed by atoms with E-state index in [2.05, 4.69) is 19.6 Å². The molecule has 0 aromatic carbocycles. The van der Waals surface area contributed by atoms with Crippen LogP contribution in [0.1, 0.15) is 5.82 Å². The smallest absolute Gasteiger partial charge is 0.150 e. The van der Waals surface area contributed by atoms with Crippen LogP contribution in [0.4, 0.5) is 0 Å². The van der Waals surface area contributed by atoms with Crippen molar-refractivity contribution in [3.8, 4) is 0 Å².